The van der Waals surface area contributed by atoms with Crippen LogP contribution in [-0.2, 0) is 14.8 Å². The Morgan fingerprint density at radius 1 is 1.17 bits per heavy atom. The van der Waals surface area contributed by atoms with E-state index in [1.165, 1.54) is 12.1 Å². The van der Waals surface area contributed by atoms with Crippen LogP contribution in [0.4, 0.5) is 30.2 Å². The van der Waals surface area contributed by atoms with E-state index in [-0.39, 0.29) is 12.6 Å². The Balaban J connectivity index is 2.31. The maximum atomic E-state index is 12.7. The van der Waals surface area contributed by atoms with Crippen molar-refractivity contribution in [2.45, 2.75) is 23.6 Å². The molecule has 2 rings (SSSR count). The third kappa shape index (κ3) is 4.80. The topological polar surface area (TPSA) is 139 Å². The molecule has 0 fully saturated rings. The Bertz CT molecular complexity index is 1110. The summed E-state index contributed by atoms with van der Waals surface area (Å²) in [6.07, 6.45) is -5.26. The highest BCUT2D eigenvalue weighted by Crippen LogP contribution is 2.33. The Morgan fingerprint density at radius 2 is 1.77 bits per heavy atom. The summed E-state index contributed by atoms with van der Waals surface area (Å²) < 4.78 is 65.2. The van der Waals surface area contributed by atoms with Crippen LogP contribution in [0.1, 0.15) is 6.92 Å². The fourth-order valence-corrected chi connectivity index (χ4v) is 3.45. The maximum absolute atomic E-state index is 12.7. The second kappa shape index (κ2) is 8.08. The van der Waals surface area contributed by atoms with Gasteiger partial charge in [0.1, 0.15) is 5.69 Å². The number of rotatable bonds is 6. The molecular formula is C16H13ClF3N3O6S. The minimum absolute atomic E-state index is 0.242. The lowest BCUT2D eigenvalue weighted by Crippen LogP contribution is -2.52. The second-order valence-corrected chi connectivity index (χ2v) is 8.14. The molecule has 2 aromatic rings. The molecule has 0 radical (unpaired) electrons. The summed E-state index contributed by atoms with van der Waals surface area (Å²) in [4.78, 5) is 21.5. The number of sulfonamides is 1. The lowest BCUT2D eigenvalue weighted by atomic mass is 10.1. The highest BCUT2D eigenvalue weighted by atomic mass is 35.5. The highest BCUT2D eigenvalue weighted by molar-refractivity contribution is 7.92. The van der Waals surface area contributed by atoms with Crippen molar-refractivity contribution in [2.75, 3.05) is 10.0 Å². The van der Waals surface area contributed by atoms with E-state index in [9.17, 15) is 41.6 Å². The Labute approximate surface area is 172 Å². The standard InChI is InChI=1S/C16H13ClF3N3O6S/c1-15(25,16(18,19)20)14(24)21-11-7-6-9(8-10(11)17)30(28,29)22-12-4-2-3-5-13(12)23(26)27/h2-8,22,25H,1H3,(H,21,24). The number of amides is 1. The van der Waals surface area contributed by atoms with Crippen molar-refractivity contribution >= 4 is 44.6 Å². The van der Waals surface area contributed by atoms with Crippen LogP contribution in [-0.4, -0.2) is 36.1 Å². The maximum Gasteiger partial charge on any atom is 0.426 e. The SMILES string of the molecule is CC(O)(C(=O)Nc1ccc(S(=O)(=O)Nc2ccccc2[N+](=O)[O-])cc1Cl)C(F)(F)F. The van der Waals surface area contributed by atoms with Crippen LogP contribution < -0.4 is 10.0 Å². The van der Waals surface area contributed by atoms with Crippen LogP contribution in [0.3, 0.4) is 0 Å². The number of carbonyl (C=O) groups is 1. The van der Waals surface area contributed by atoms with Gasteiger partial charge in [-0.3, -0.25) is 19.6 Å². The van der Waals surface area contributed by atoms with Crippen molar-refractivity contribution in [3.63, 3.8) is 0 Å². The second-order valence-electron chi connectivity index (χ2n) is 6.05. The smallest absolute Gasteiger partial charge is 0.373 e. The van der Waals surface area contributed by atoms with Crippen LogP contribution >= 0.6 is 11.6 Å². The van der Waals surface area contributed by atoms with Gasteiger partial charge in [-0.25, -0.2) is 8.42 Å². The van der Waals surface area contributed by atoms with Crippen molar-refractivity contribution in [1.29, 1.82) is 0 Å². The molecule has 2 aromatic carbocycles. The van der Waals surface area contributed by atoms with Crippen molar-refractivity contribution in [1.82, 2.24) is 0 Å². The number of nitrogens with one attached hydrogen (secondary N) is 2. The van der Waals surface area contributed by atoms with Gasteiger partial charge in [0.25, 0.3) is 21.6 Å². The quantitative estimate of drug-likeness (QED) is 0.440. The monoisotopic (exact) mass is 467 g/mol. The van der Waals surface area contributed by atoms with Crippen LogP contribution in [0.15, 0.2) is 47.4 Å². The molecule has 0 spiro atoms. The molecule has 0 saturated carbocycles. The average Bonchev–Trinajstić information content (AvgIpc) is 2.62. The van der Waals surface area contributed by atoms with Gasteiger partial charge in [-0.05, 0) is 31.2 Å². The number of benzene rings is 2. The molecule has 0 saturated heterocycles. The number of nitrogens with zero attached hydrogens (tertiary/aromatic N) is 1. The molecule has 0 aromatic heterocycles. The zero-order valence-electron chi connectivity index (χ0n) is 14.9. The van der Waals surface area contributed by atoms with Crippen molar-refractivity contribution in [2.24, 2.45) is 0 Å². The number of nitro benzene ring substituents is 1. The number of anilines is 2. The van der Waals surface area contributed by atoms with Crippen molar-refractivity contribution in [3.8, 4) is 0 Å². The number of alkyl halides is 3. The first-order valence-corrected chi connectivity index (χ1v) is 9.69. The molecule has 1 atom stereocenters. The molecule has 0 aliphatic carbocycles. The number of halogens is 4. The molecule has 0 heterocycles. The fourth-order valence-electron chi connectivity index (χ4n) is 2.06. The van der Waals surface area contributed by atoms with E-state index < -0.39 is 53.9 Å². The highest BCUT2D eigenvalue weighted by Gasteiger charge is 2.55. The molecule has 1 unspecified atom stereocenters. The first kappa shape index (κ1) is 23.4. The van der Waals surface area contributed by atoms with E-state index in [1.807, 2.05) is 4.72 Å². The van der Waals surface area contributed by atoms with Gasteiger partial charge in [0, 0.05) is 6.07 Å². The predicted octanol–water partition coefficient (Wildman–Crippen LogP) is 3.30. The predicted molar refractivity (Wildman–Crippen MR) is 101 cm³/mol. The number of hydrogen-bond donors (Lipinski definition) is 3. The third-order valence-corrected chi connectivity index (χ3v) is 5.51. The zero-order valence-corrected chi connectivity index (χ0v) is 16.5. The van der Waals surface area contributed by atoms with Gasteiger partial charge in [-0.1, -0.05) is 23.7 Å². The zero-order chi connectivity index (χ0) is 22.9. The first-order chi connectivity index (χ1) is 13.7. The Kier molecular flexibility index (Phi) is 6.30. The van der Waals surface area contributed by atoms with Crippen LogP contribution in [0, 0.1) is 10.1 Å². The van der Waals surface area contributed by atoms with Gasteiger partial charge in [0.15, 0.2) is 0 Å². The molecule has 3 N–H and O–H groups in total. The summed E-state index contributed by atoms with van der Waals surface area (Å²) in [5, 5.41) is 21.7. The normalized spacial score (nSPS) is 13.9. The minimum Gasteiger partial charge on any atom is -0.373 e. The summed E-state index contributed by atoms with van der Waals surface area (Å²) in [5.74, 6) is -1.83. The molecule has 30 heavy (non-hydrogen) atoms. The molecule has 162 valence electrons. The minimum atomic E-state index is -5.26. The molecule has 0 bridgehead atoms. The van der Waals surface area contributed by atoms with Crippen molar-refractivity contribution < 1.29 is 36.4 Å². The number of para-hydroxylation sites is 2. The van der Waals surface area contributed by atoms with Gasteiger partial charge in [0.2, 0.25) is 5.60 Å². The van der Waals surface area contributed by atoms with Gasteiger partial charge >= 0.3 is 6.18 Å². The number of carbonyl (C=O) groups excluding carboxylic acids is 1. The first-order valence-electron chi connectivity index (χ1n) is 7.83. The van der Waals surface area contributed by atoms with Crippen molar-refractivity contribution in [3.05, 3.63) is 57.6 Å². The lowest BCUT2D eigenvalue weighted by molar-refractivity contribution is -0.383. The summed E-state index contributed by atoms with van der Waals surface area (Å²) in [7, 11) is -4.37. The van der Waals surface area contributed by atoms with Gasteiger partial charge in [-0.2, -0.15) is 13.2 Å². The van der Waals surface area contributed by atoms with Gasteiger partial charge in [-0.15, -0.1) is 0 Å². The van der Waals surface area contributed by atoms with Gasteiger partial charge < -0.3 is 10.4 Å². The largest absolute Gasteiger partial charge is 0.426 e. The number of hydrogen-bond acceptors (Lipinski definition) is 6. The van der Waals surface area contributed by atoms with E-state index in [1.54, 1.807) is 5.32 Å². The molecule has 1 amide bonds. The molecular weight excluding hydrogens is 455 g/mol. The summed E-state index contributed by atoms with van der Waals surface area (Å²) in [6, 6.07) is 7.56. The van der Waals surface area contributed by atoms with Crippen LogP contribution in [0.5, 0.6) is 0 Å². The van der Waals surface area contributed by atoms with E-state index in [2.05, 4.69) is 0 Å². The van der Waals surface area contributed by atoms with Crippen LogP contribution in [0.2, 0.25) is 5.02 Å². The fraction of sp³-hybridized carbons (Fsp3) is 0.188. The van der Waals surface area contributed by atoms with E-state index in [4.69, 9.17) is 11.6 Å². The Morgan fingerprint density at radius 3 is 2.30 bits per heavy atom. The van der Waals surface area contributed by atoms with E-state index in [0.717, 1.165) is 30.3 Å². The van der Waals surface area contributed by atoms with Crippen LogP contribution in [0.25, 0.3) is 0 Å². The molecule has 9 nitrogen and oxygen atoms in total. The summed E-state index contributed by atoms with van der Waals surface area (Å²) in [6.45, 7) is 0.242. The summed E-state index contributed by atoms with van der Waals surface area (Å²) >= 11 is 5.85. The van der Waals surface area contributed by atoms with E-state index >= 15 is 0 Å². The van der Waals surface area contributed by atoms with E-state index in [0.29, 0.717) is 0 Å². The lowest BCUT2D eigenvalue weighted by Gasteiger charge is -2.25. The molecule has 0 aliphatic rings. The summed E-state index contributed by atoms with van der Waals surface area (Å²) in [5.41, 5.74) is -4.94. The third-order valence-electron chi connectivity index (χ3n) is 3.84. The Hall–Kier alpha value is -2.90. The molecule has 14 heteroatoms. The number of aliphatic hydroxyl groups is 1. The number of nitro groups is 1. The van der Waals surface area contributed by atoms with Gasteiger partial charge in [0.05, 0.1) is 20.5 Å². The average molecular weight is 468 g/mol. The molecule has 0 aliphatic heterocycles.